The van der Waals surface area contributed by atoms with Crippen molar-refractivity contribution in [1.29, 1.82) is 0 Å². The normalized spacial score (nSPS) is 17.5. The first-order valence-electron chi connectivity index (χ1n) is 7.78. The first-order valence-corrected chi connectivity index (χ1v) is 7.78. The van der Waals surface area contributed by atoms with Crippen LogP contribution in [0.3, 0.4) is 0 Å². The van der Waals surface area contributed by atoms with Crippen molar-refractivity contribution in [2.24, 2.45) is 5.73 Å². The zero-order valence-electron chi connectivity index (χ0n) is 12.7. The monoisotopic (exact) mass is 318 g/mol. The Hall–Kier alpha value is -1.58. The number of hydrogen-bond acceptors (Lipinski definition) is 2. The van der Waals surface area contributed by atoms with E-state index in [1.807, 2.05) is 0 Å². The smallest absolute Gasteiger partial charge is 0.223 e. The summed E-state index contributed by atoms with van der Waals surface area (Å²) < 4.78 is 0. The minimum Gasteiger partial charge on any atom is -0.336 e. The molecule has 118 valence electrons. The fraction of sp³-hybridized carbons (Fsp3) is 0.389. The molecule has 3 rings (SSSR count). The van der Waals surface area contributed by atoms with E-state index >= 15 is 0 Å². The molecule has 1 amide bonds. The van der Waals surface area contributed by atoms with E-state index < -0.39 is 0 Å². The van der Waals surface area contributed by atoms with Crippen molar-refractivity contribution in [3.05, 3.63) is 48.0 Å². The number of rotatable bonds is 4. The molecule has 1 heterocycles. The number of likely N-dealkylation sites (tertiary alicyclic amines) is 1. The summed E-state index contributed by atoms with van der Waals surface area (Å²) in [5.41, 5.74) is 6.81. The van der Waals surface area contributed by atoms with E-state index in [2.05, 4.69) is 47.4 Å². The summed E-state index contributed by atoms with van der Waals surface area (Å²) in [6.07, 6.45) is 3.49. The summed E-state index contributed by atoms with van der Waals surface area (Å²) in [6.45, 7) is 1.45. The van der Waals surface area contributed by atoms with E-state index in [-0.39, 0.29) is 24.4 Å². The Bertz CT molecular complexity index is 639. The topological polar surface area (TPSA) is 46.3 Å². The molecule has 2 aromatic rings. The number of fused-ring (bicyclic) bond motifs is 1. The standard InChI is InChI=1S/C18H22N2O.ClH/c19-12-4-11-18(21)20-13-5-10-17(20)16-9-3-7-14-6-1-2-8-15(14)16;/h1-3,6-9,17H,4-5,10-13,19H2;1H. The predicted octanol–water partition coefficient (Wildman–Crippen LogP) is 3.66. The van der Waals surface area contributed by atoms with Crippen molar-refractivity contribution in [3.8, 4) is 0 Å². The molecule has 2 aromatic carbocycles. The van der Waals surface area contributed by atoms with Gasteiger partial charge in [0.25, 0.3) is 0 Å². The third-order valence-electron chi connectivity index (χ3n) is 4.35. The molecule has 1 atom stereocenters. The van der Waals surface area contributed by atoms with E-state index in [1.165, 1.54) is 16.3 Å². The predicted molar refractivity (Wildman–Crippen MR) is 93.2 cm³/mol. The molecule has 22 heavy (non-hydrogen) atoms. The lowest BCUT2D eigenvalue weighted by Gasteiger charge is -2.26. The van der Waals surface area contributed by atoms with Crippen molar-refractivity contribution in [1.82, 2.24) is 4.90 Å². The Morgan fingerprint density at radius 3 is 2.77 bits per heavy atom. The van der Waals surface area contributed by atoms with Crippen LogP contribution in [-0.4, -0.2) is 23.9 Å². The largest absolute Gasteiger partial charge is 0.336 e. The molecule has 1 aliphatic rings. The van der Waals surface area contributed by atoms with Crippen molar-refractivity contribution in [2.75, 3.05) is 13.1 Å². The fourth-order valence-electron chi connectivity index (χ4n) is 3.33. The first kappa shape index (κ1) is 16.8. The minimum atomic E-state index is 0. The van der Waals surface area contributed by atoms with Crippen LogP contribution in [0.1, 0.15) is 37.3 Å². The second-order valence-electron chi connectivity index (χ2n) is 5.71. The second-order valence-corrected chi connectivity index (χ2v) is 5.71. The average Bonchev–Trinajstić information content (AvgIpc) is 3.01. The van der Waals surface area contributed by atoms with E-state index in [1.54, 1.807) is 0 Å². The maximum absolute atomic E-state index is 12.4. The molecule has 0 saturated carbocycles. The van der Waals surface area contributed by atoms with E-state index in [0.717, 1.165) is 25.8 Å². The van der Waals surface area contributed by atoms with Gasteiger partial charge in [0, 0.05) is 13.0 Å². The molecule has 3 nitrogen and oxygen atoms in total. The summed E-state index contributed by atoms with van der Waals surface area (Å²) >= 11 is 0. The number of nitrogens with two attached hydrogens (primary N) is 1. The summed E-state index contributed by atoms with van der Waals surface area (Å²) in [5.74, 6) is 0.246. The van der Waals surface area contributed by atoms with Gasteiger partial charge < -0.3 is 10.6 Å². The lowest BCUT2D eigenvalue weighted by atomic mass is 9.97. The quantitative estimate of drug-likeness (QED) is 0.935. The van der Waals surface area contributed by atoms with Gasteiger partial charge >= 0.3 is 0 Å². The molecule has 0 spiro atoms. The van der Waals surface area contributed by atoms with Crippen LogP contribution < -0.4 is 5.73 Å². The maximum atomic E-state index is 12.4. The van der Waals surface area contributed by atoms with Crippen LogP contribution in [0.4, 0.5) is 0 Å². The minimum absolute atomic E-state index is 0. The highest BCUT2D eigenvalue weighted by atomic mass is 35.5. The van der Waals surface area contributed by atoms with Gasteiger partial charge in [0.05, 0.1) is 6.04 Å². The van der Waals surface area contributed by atoms with Crippen molar-refractivity contribution < 1.29 is 4.79 Å². The molecule has 0 bridgehead atoms. The Balaban J connectivity index is 0.00000176. The van der Waals surface area contributed by atoms with Crippen LogP contribution in [0.5, 0.6) is 0 Å². The number of halogens is 1. The first-order chi connectivity index (χ1) is 10.3. The molecule has 1 saturated heterocycles. The highest BCUT2D eigenvalue weighted by Gasteiger charge is 2.30. The third-order valence-corrected chi connectivity index (χ3v) is 4.35. The van der Waals surface area contributed by atoms with E-state index in [9.17, 15) is 4.79 Å². The molecule has 1 unspecified atom stereocenters. The van der Waals surface area contributed by atoms with Gasteiger partial charge in [-0.15, -0.1) is 12.4 Å². The number of carbonyl (C=O) groups is 1. The highest BCUT2D eigenvalue weighted by Crippen LogP contribution is 2.36. The average molecular weight is 319 g/mol. The van der Waals surface area contributed by atoms with Crippen molar-refractivity contribution in [3.63, 3.8) is 0 Å². The van der Waals surface area contributed by atoms with Gasteiger partial charge in [-0.2, -0.15) is 0 Å². The third kappa shape index (κ3) is 3.26. The molecule has 1 fully saturated rings. The van der Waals surface area contributed by atoms with Crippen LogP contribution in [0.2, 0.25) is 0 Å². The van der Waals surface area contributed by atoms with Crippen LogP contribution in [0.25, 0.3) is 10.8 Å². The summed E-state index contributed by atoms with van der Waals surface area (Å²) in [6, 6.07) is 15.0. The van der Waals surface area contributed by atoms with Gasteiger partial charge in [-0.05, 0) is 42.1 Å². The molecule has 0 radical (unpaired) electrons. The van der Waals surface area contributed by atoms with E-state index in [0.29, 0.717) is 13.0 Å². The van der Waals surface area contributed by atoms with Gasteiger partial charge in [-0.3, -0.25) is 4.79 Å². The number of carbonyl (C=O) groups excluding carboxylic acids is 1. The van der Waals surface area contributed by atoms with Crippen LogP contribution in [0.15, 0.2) is 42.5 Å². The fourth-order valence-corrected chi connectivity index (χ4v) is 3.33. The second kappa shape index (κ2) is 7.61. The zero-order valence-corrected chi connectivity index (χ0v) is 13.5. The molecule has 1 aliphatic heterocycles. The van der Waals surface area contributed by atoms with E-state index in [4.69, 9.17) is 5.73 Å². The highest BCUT2D eigenvalue weighted by molar-refractivity contribution is 5.87. The molecular formula is C18H23ClN2O. The Morgan fingerprint density at radius 2 is 1.95 bits per heavy atom. The van der Waals surface area contributed by atoms with Crippen molar-refractivity contribution >= 4 is 29.1 Å². The number of nitrogens with zero attached hydrogens (tertiary/aromatic N) is 1. The summed E-state index contributed by atoms with van der Waals surface area (Å²) in [7, 11) is 0. The van der Waals surface area contributed by atoms with Crippen molar-refractivity contribution in [2.45, 2.75) is 31.7 Å². The Labute approximate surface area is 137 Å². The Kier molecular flexibility index (Phi) is 5.81. The van der Waals surface area contributed by atoms with Gasteiger partial charge in [0.15, 0.2) is 0 Å². The number of amides is 1. The lowest BCUT2D eigenvalue weighted by molar-refractivity contribution is -0.132. The molecule has 0 aliphatic carbocycles. The zero-order chi connectivity index (χ0) is 14.7. The van der Waals surface area contributed by atoms with Gasteiger partial charge in [-0.25, -0.2) is 0 Å². The maximum Gasteiger partial charge on any atom is 0.223 e. The molecule has 0 aromatic heterocycles. The van der Waals surface area contributed by atoms with Crippen LogP contribution >= 0.6 is 12.4 Å². The lowest BCUT2D eigenvalue weighted by Crippen LogP contribution is -2.30. The van der Waals surface area contributed by atoms with Gasteiger partial charge in [-0.1, -0.05) is 42.5 Å². The van der Waals surface area contributed by atoms with Gasteiger partial charge in [0.1, 0.15) is 0 Å². The summed E-state index contributed by atoms with van der Waals surface area (Å²) in [5, 5.41) is 2.51. The van der Waals surface area contributed by atoms with Crippen LogP contribution in [0, 0.1) is 0 Å². The van der Waals surface area contributed by atoms with Gasteiger partial charge in [0.2, 0.25) is 5.91 Å². The van der Waals surface area contributed by atoms with Crippen LogP contribution in [-0.2, 0) is 4.79 Å². The number of benzene rings is 2. The molecule has 4 heteroatoms. The summed E-state index contributed by atoms with van der Waals surface area (Å²) in [4.78, 5) is 14.4. The number of hydrogen-bond donors (Lipinski definition) is 1. The molecular weight excluding hydrogens is 296 g/mol. The Morgan fingerprint density at radius 1 is 1.18 bits per heavy atom. The molecule has 2 N–H and O–H groups in total. The SMILES string of the molecule is Cl.NCCCC(=O)N1CCCC1c1cccc2ccccc12.